The van der Waals surface area contributed by atoms with Gasteiger partial charge in [-0.3, -0.25) is 0 Å². The Balaban J connectivity index is 0.000000109. The molecule has 0 atom stereocenters. The molecule has 630 valence electrons. The van der Waals surface area contributed by atoms with Crippen molar-refractivity contribution in [1.29, 1.82) is 0 Å². The SMILES string of the molecule is O=S(=O)([O-])c1cccc2c3nc4nc(nc5[nH]c(nc6nc(nc([nH]3)c12)-c1ccccc1-6)c1ccccc51)-c1ccccc1-4.O=S(=O)([O-])c1cccc2c3nc4nc(nc5[nH]c(nc6nc(nc([nH]3)c12)-c1ccccc1-6)c1ccccc51)-c1ccccc1-4.O=S(=O)([O-])c1cccc2c3nc4nc(nc5[nH]c(nc6nc(nc([nH]3)c12)-c1ccccc1-6)c1ccccc51)-c1ccccc1-4.[In+3]. The predicted molar refractivity (Wildman–Crippen MR) is 498 cm³/mol. The second kappa shape index (κ2) is 30.2. The molecule has 12 aromatic carbocycles. The molecule has 6 aliphatic heterocycles. The van der Waals surface area contributed by atoms with E-state index in [1.54, 1.807) is 18.2 Å². The first-order valence-electron chi connectivity index (χ1n) is 40.8. The zero-order valence-electron chi connectivity index (χ0n) is 68.0. The molecule has 9 aromatic heterocycles. The summed E-state index contributed by atoms with van der Waals surface area (Å²) in [5, 5.41) is 6.73. The van der Waals surface area contributed by atoms with Crippen molar-refractivity contribution in [2.45, 2.75) is 14.7 Å². The first-order valence-corrected chi connectivity index (χ1v) is 45.1. The third kappa shape index (κ3) is 13.2. The van der Waals surface area contributed by atoms with Gasteiger partial charge in [-0.05, 0) is 18.2 Å². The second-order valence-corrected chi connectivity index (χ2v) is 35.2. The Morgan fingerprint density at radius 2 is 0.286 bits per heavy atom. The summed E-state index contributed by atoms with van der Waals surface area (Å²) in [6.07, 6.45) is 0. The fourth-order valence-corrected chi connectivity index (χ4v) is 19.7. The Labute approximate surface area is 765 Å². The van der Waals surface area contributed by atoms with E-state index in [1.807, 2.05) is 218 Å². The van der Waals surface area contributed by atoms with E-state index in [0.717, 1.165) is 82.4 Å². The van der Waals surface area contributed by atoms with Crippen molar-refractivity contribution in [3.05, 3.63) is 273 Å². The molecule has 0 spiro atoms. The smallest absolute Gasteiger partial charge is 0.744 e. The molecule has 0 aliphatic carbocycles. The van der Waals surface area contributed by atoms with E-state index in [0.29, 0.717) is 154 Å². The summed E-state index contributed by atoms with van der Waals surface area (Å²) in [6.45, 7) is 0. The molecule has 37 heteroatoms. The number of hydrogen-bond donors (Lipinski definition) is 6. The molecule has 21 aromatic rings. The second-order valence-electron chi connectivity index (χ2n) is 31.1. The van der Waals surface area contributed by atoms with Gasteiger partial charge in [0.1, 0.15) is 98.1 Å². The molecule has 6 N–H and O–H groups in total. The van der Waals surface area contributed by atoms with E-state index in [1.165, 1.54) is 36.4 Å². The molecule has 0 radical (unpaired) electrons. The normalized spacial score (nSPS) is 12.3. The molecule has 27 rings (SSSR count). The fraction of sp³-hybridized carbons (Fsp3) is 0. The number of rotatable bonds is 3. The molecule has 24 bridgehead atoms. The van der Waals surface area contributed by atoms with Crippen LogP contribution in [-0.4, -0.2) is 184 Å². The van der Waals surface area contributed by atoms with Crippen LogP contribution in [0.4, 0.5) is 0 Å². The van der Waals surface area contributed by atoms with Crippen molar-refractivity contribution in [2.24, 2.45) is 0 Å². The summed E-state index contributed by atoms with van der Waals surface area (Å²) in [7, 11) is -14.6. The van der Waals surface area contributed by atoms with E-state index in [-0.39, 0.29) is 58.9 Å². The van der Waals surface area contributed by atoms with Crippen LogP contribution in [0.5, 0.6) is 0 Å². The largest absolute Gasteiger partial charge is 3.00 e. The molecule has 133 heavy (non-hydrogen) atoms. The van der Waals surface area contributed by atoms with Crippen LogP contribution in [0.15, 0.2) is 288 Å². The average molecular weight is 1900 g/mol. The van der Waals surface area contributed by atoms with Gasteiger partial charge in [-0.2, -0.15) is 0 Å². The molecule has 0 fully saturated rings. The van der Waals surface area contributed by atoms with Crippen LogP contribution in [0.25, 0.3) is 269 Å². The Bertz CT molecular complexity index is 8860. The van der Waals surface area contributed by atoms with Gasteiger partial charge in [0.15, 0.2) is 69.9 Å². The van der Waals surface area contributed by atoms with Gasteiger partial charge in [-0.1, -0.05) is 255 Å². The average Bonchev–Trinajstić information content (AvgIpc) is 1.60. The van der Waals surface area contributed by atoms with Gasteiger partial charge in [-0.25, -0.2) is 115 Å². The first kappa shape index (κ1) is 79.7. The molecule has 0 amide bonds. The van der Waals surface area contributed by atoms with E-state index in [4.69, 9.17) is 89.7 Å². The molecule has 0 saturated heterocycles. The van der Waals surface area contributed by atoms with Gasteiger partial charge in [0, 0.05) is 131 Å². The van der Waals surface area contributed by atoms with Crippen molar-refractivity contribution in [3.8, 4) is 137 Å². The van der Waals surface area contributed by atoms with Gasteiger partial charge in [0.25, 0.3) is 0 Å². The quantitative estimate of drug-likeness (QED) is 0.0895. The van der Waals surface area contributed by atoms with Crippen molar-refractivity contribution < 1.29 is 38.9 Å². The molecule has 0 unspecified atom stereocenters. The number of nitrogens with zero attached hydrogens (tertiary/aromatic N) is 18. The Hall–Kier alpha value is -16.7. The predicted octanol–water partition coefficient (Wildman–Crippen LogP) is 16.9. The molecule has 6 aliphatic rings. The van der Waals surface area contributed by atoms with Gasteiger partial charge in [0.2, 0.25) is 0 Å². The van der Waals surface area contributed by atoms with Gasteiger partial charge in [0.05, 0.1) is 14.7 Å². The monoisotopic (exact) mass is 1890 g/mol. The van der Waals surface area contributed by atoms with Gasteiger partial charge in [-0.15, -0.1) is 0 Å². The number of aromatic amines is 6. The zero-order chi connectivity index (χ0) is 88.7. The summed E-state index contributed by atoms with van der Waals surface area (Å²) in [5.41, 5.74) is 13.6. The minimum absolute atomic E-state index is 0. The number of fused-ring (bicyclic) bond motifs is 60. The summed E-state index contributed by atoms with van der Waals surface area (Å²) < 4.78 is 112. The minimum Gasteiger partial charge on any atom is -0.744 e. The molecule has 0 saturated carbocycles. The van der Waals surface area contributed by atoms with E-state index >= 15 is 0 Å². The van der Waals surface area contributed by atoms with Crippen LogP contribution in [-0.2, 0) is 30.4 Å². The van der Waals surface area contributed by atoms with E-state index in [9.17, 15) is 38.9 Å². The van der Waals surface area contributed by atoms with Crippen LogP contribution >= 0.6 is 0 Å². The zero-order valence-corrected chi connectivity index (χ0v) is 73.8. The maximum atomic E-state index is 12.4. The summed E-state index contributed by atoms with van der Waals surface area (Å²) in [4.78, 5) is 106. The van der Waals surface area contributed by atoms with Crippen molar-refractivity contribution in [3.63, 3.8) is 0 Å². The molecular formula is C96H51InN24O9S3. The third-order valence-electron chi connectivity index (χ3n) is 23.4. The Morgan fingerprint density at radius 1 is 0.158 bits per heavy atom. The van der Waals surface area contributed by atoms with Crippen molar-refractivity contribution in [1.82, 2.24) is 120 Å². The minimum atomic E-state index is -4.87. The van der Waals surface area contributed by atoms with E-state index in [2.05, 4.69) is 29.9 Å². The Morgan fingerprint density at radius 3 is 0.444 bits per heavy atom. The van der Waals surface area contributed by atoms with Crippen molar-refractivity contribution in [2.75, 3.05) is 0 Å². The van der Waals surface area contributed by atoms with E-state index < -0.39 is 45.0 Å². The third-order valence-corrected chi connectivity index (χ3v) is 26.1. The fourth-order valence-electron chi connectivity index (χ4n) is 17.6. The number of hydrogen-bond acceptors (Lipinski definition) is 27. The number of aromatic nitrogens is 24. The Kier molecular flexibility index (Phi) is 18.1. The number of benzene rings is 12. The molecule has 33 nitrogen and oxygen atoms in total. The van der Waals surface area contributed by atoms with Crippen LogP contribution < -0.4 is 0 Å². The summed E-state index contributed by atoms with van der Waals surface area (Å²) >= 11 is 0. The maximum Gasteiger partial charge on any atom is 3.00 e. The molecule has 15 heterocycles. The molecular weight excluding hydrogens is 1840 g/mol. The summed E-state index contributed by atoms with van der Waals surface area (Å²) in [5.74, 6) is 4.64. The summed E-state index contributed by atoms with van der Waals surface area (Å²) in [6, 6.07) is 82.1. The van der Waals surface area contributed by atoms with Gasteiger partial charge >= 0.3 is 25.8 Å². The number of H-pyrrole nitrogens is 6. The van der Waals surface area contributed by atoms with Crippen molar-refractivity contribution >= 4 is 189 Å². The van der Waals surface area contributed by atoms with Crippen LogP contribution in [0.2, 0.25) is 0 Å². The number of nitrogens with one attached hydrogen (secondary N) is 6. The van der Waals surface area contributed by atoms with Crippen LogP contribution in [0.3, 0.4) is 0 Å². The van der Waals surface area contributed by atoms with Gasteiger partial charge < -0.3 is 43.6 Å². The maximum absolute atomic E-state index is 12.4. The van der Waals surface area contributed by atoms with Crippen LogP contribution in [0.1, 0.15) is 0 Å². The standard InChI is InChI=1S/3C32H18N8O3S.In/c3*41-44(42,43)23-15-7-14-22-24(23)32-39-30-21-13-6-5-12-20(21)28(37-30)35-26-17-9-2-1-8-16(17)25(33-26)34-27-18-10-3-4-11-19(18)29(36-27)38-31(22)40-32;/h3*1-15H,(H,41,42,43)(H2,33,34,35,36,37,38,39,40);/q;;;+3/p-3. The van der Waals surface area contributed by atoms with Crippen LogP contribution in [0, 0.1) is 0 Å². The topological polar surface area (TPSA) is 498 Å². The first-order chi connectivity index (χ1) is 64.3.